The largest absolute Gasteiger partial charge is 0.394 e. The van der Waals surface area contributed by atoms with Crippen LogP contribution in [0.25, 0.3) is 0 Å². The van der Waals surface area contributed by atoms with Crippen LogP contribution < -0.4 is 11.4 Å². The number of hydrogen-bond donors (Lipinski definition) is 4. The van der Waals surface area contributed by atoms with Crippen LogP contribution in [0.4, 0.5) is 11.5 Å². The van der Waals surface area contributed by atoms with Crippen molar-refractivity contribution in [2.24, 2.45) is 0 Å². The van der Waals surface area contributed by atoms with Gasteiger partial charge in [0.15, 0.2) is 6.23 Å². The average molecular weight is 288 g/mol. The molecule has 5 N–H and O–H groups in total. The number of hydrogen-bond acceptors (Lipinski definition) is 9. The third-order valence-corrected chi connectivity index (χ3v) is 2.95. The highest BCUT2D eigenvalue weighted by Crippen LogP contribution is 2.29. The lowest BCUT2D eigenvalue weighted by molar-refractivity contribution is -0.384. The van der Waals surface area contributed by atoms with Crippen LogP contribution in [-0.2, 0) is 4.74 Å². The Balaban J connectivity index is 2.46. The summed E-state index contributed by atoms with van der Waals surface area (Å²) in [5, 5.41) is 39.0. The maximum Gasteiger partial charge on any atom is 0.352 e. The summed E-state index contributed by atoms with van der Waals surface area (Å²) in [5.74, 6) is -0.567. The number of rotatable bonds is 3. The van der Waals surface area contributed by atoms with Gasteiger partial charge in [0.1, 0.15) is 18.3 Å². The number of aliphatic hydroxyl groups excluding tert-OH is 3. The first-order valence-electron chi connectivity index (χ1n) is 5.52. The molecule has 1 aromatic rings. The lowest BCUT2D eigenvalue weighted by Crippen LogP contribution is -2.36. The summed E-state index contributed by atoms with van der Waals surface area (Å²) in [6.45, 7) is -0.589. The highest BCUT2D eigenvalue weighted by atomic mass is 16.6. The zero-order valence-electron chi connectivity index (χ0n) is 9.99. The monoisotopic (exact) mass is 288 g/mol. The topological polar surface area (TPSA) is 174 Å². The molecule has 0 saturated carbocycles. The molecule has 0 aromatic carbocycles. The van der Waals surface area contributed by atoms with Gasteiger partial charge in [0.05, 0.1) is 17.7 Å². The number of anilines is 1. The zero-order valence-corrected chi connectivity index (χ0v) is 9.99. The summed E-state index contributed by atoms with van der Waals surface area (Å²) < 4.78 is 5.74. The molecular formula is C9H12N4O7. The fraction of sp³-hybridized carbons (Fsp3) is 0.556. The summed E-state index contributed by atoms with van der Waals surface area (Å²) in [5.41, 5.74) is 3.63. The maximum atomic E-state index is 11.7. The maximum absolute atomic E-state index is 11.7. The number of aliphatic hydroxyl groups is 3. The van der Waals surface area contributed by atoms with Crippen LogP contribution in [0.2, 0.25) is 0 Å². The number of aromatic nitrogens is 2. The molecule has 4 atom stereocenters. The van der Waals surface area contributed by atoms with E-state index in [0.717, 1.165) is 6.20 Å². The van der Waals surface area contributed by atoms with Gasteiger partial charge in [-0.2, -0.15) is 4.98 Å². The minimum atomic E-state index is -1.55. The Morgan fingerprint density at radius 2 is 2.15 bits per heavy atom. The molecule has 11 heteroatoms. The van der Waals surface area contributed by atoms with Gasteiger partial charge in [-0.05, 0) is 0 Å². The van der Waals surface area contributed by atoms with Gasteiger partial charge in [-0.15, -0.1) is 0 Å². The number of nitrogens with zero attached hydrogens (tertiary/aromatic N) is 3. The number of nitrogen functional groups attached to an aromatic ring is 1. The van der Waals surface area contributed by atoms with Gasteiger partial charge in [-0.1, -0.05) is 0 Å². The molecule has 11 nitrogen and oxygen atoms in total. The van der Waals surface area contributed by atoms with Crippen molar-refractivity contribution >= 4 is 11.5 Å². The molecule has 1 aliphatic heterocycles. The normalized spacial score (nSPS) is 29.6. The minimum absolute atomic E-state index is 0.567. The van der Waals surface area contributed by atoms with Crippen LogP contribution in [0.15, 0.2) is 11.0 Å². The van der Waals surface area contributed by atoms with Gasteiger partial charge >= 0.3 is 11.4 Å². The fourth-order valence-electron chi connectivity index (χ4n) is 1.90. The predicted octanol–water partition coefficient (Wildman–Crippen LogP) is -2.65. The molecule has 0 bridgehead atoms. The first-order valence-corrected chi connectivity index (χ1v) is 5.52. The van der Waals surface area contributed by atoms with Crippen molar-refractivity contribution in [2.75, 3.05) is 12.3 Å². The van der Waals surface area contributed by atoms with Crippen LogP contribution in [0, 0.1) is 10.1 Å². The summed E-state index contributed by atoms with van der Waals surface area (Å²) in [7, 11) is 0. The minimum Gasteiger partial charge on any atom is -0.394 e. The van der Waals surface area contributed by atoms with Crippen LogP contribution in [0.1, 0.15) is 6.23 Å². The second kappa shape index (κ2) is 5.13. The fourth-order valence-corrected chi connectivity index (χ4v) is 1.90. The van der Waals surface area contributed by atoms with Gasteiger partial charge in [0.2, 0.25) is 5.82 Å². The molecular weight excluding hydrogens is 276 g/mol. The Kier molecular flexibility index (Phi) is 3.67. The quantitative estimate of drug-likeness (QED) is 0.342. The number of nitro groups is 1. The molecule has 1 fully saturated rings. The third kappa shape index (κ3) is 2.22. The Bertz CT molecular complexity index is 588. The van der Waals surface area contributed by atoms with Crippen molar-refractivity contribution in [3.8, 4) is 0 Å². The van der Waals surface area contributed by atoms with Crippen molar-refractivity contribution in [2.45, 2.75) is 24.5 Å². The van der Waals surface area contributed by atoms with Gasteiger partial charge in [0.25, 0.3) is 0 Å². The Labute approximate surface area is 111 Å². The summed E-state index contributed by atoms with van der Waals surface area (Å²) in [4.78, 5) is 24.8. The predicted molar refractivity (Wildman–Crippen MR) is 62.6 cm³/mol. The zero-order chi connectivity index (χ0) is 15.0. The molecule has 110 valence electrons. The SMILES string of the molecule is Nc1nc(=O)n(C2OC(CO)C(O)C2O)cc1[N+](=O)[O-]. The van der Waals surface area contributed by atoms with Crippen LogP contribution >= 0.6 is 0 Å². The van der Waals surface area contributed by atoms with Crippen molar-refractivity contribution < 1.29 is 25.0 Å². The first-order chi connectivity index (χ1) is 9.36. The first kappa shape index (κ1) is 14.3. The van der Waals surface area contributed by atoms with E-state index in [-0.39, 0.29) is 0 Å². The number of ether oxygens (including phenoxy) is 1. The van der Waals surface area contributed by atoms with E-state index in [9.17, 15) is 25.1 Å². The van der Waals surface area contributed by atoms with E-state index in [4.69, 9.17) is 15.6 Å². The van der Waals surface area contributed by atoms with Crippen molar-refractivity contribution in [1.82, 2.24) is 9.55 Å². The standard InChI is InChI=1S/C9H12N4O7/c10-7-3(13(18)19)1-12(9(17)11-7)8-6(16)5(15)4(2-14)20-8/h1,4-6,8,14-16H,2H2,(H2,10,11,17). The van der Waals surface area contributed by atoms with E-state index in [1.807, 2.05) is 0 Å². The van der Waals surface area contributed by atoms with E-state index >= 15 is 0 Å². The second-order valence-corrected chi connectivity index (χ2v) is 4.19. The molecule has 1 aromatic heterocycles. The molecule has 0 spiro atoms. The lowest BCUT2D eigenvalue weighted by atomic mass is 10.1. The highest BCUT2D eigenvalue weighted by molar-refractivity contribution is 5.49. The molecule has 1 aliphatic rings. The smallest absolute Gasteiger partial charge is 0.352 e. The van der Waals surface area contributed by atoms with E-state index in [0.29, 0.717) is 4.57 Å². The summed E-state index contributed by atoms with van der Waals surface area (Å²) in [6.07, 6.45) is -4.73. The van der Waals surface area contributed by atoms with E-state index in [1.54, 1.807) is 0 Å². The third-order valence-electron chi connectivity index (χ3n) is 2.95. The van der Waals surface area contributed by atoms with Crippen molar-refractivity contribution in [1.29, 1.82) is 0 Å². The Hall–Kier alpha value is -2.08. The Morgan fingerprint density at radius 3 is 2.65 bits per heavy atom. The van der Waals surface area contributed by atoms with E-state index < -0.39 is 53.3 Å². The molecule has 0 amide bonds. The molecule has 1 saturated heterocycles. The van der Waals surface area contributed by atoms with Crippen molar-refractivity contribution in [3.05, 3.63) is 26.8 Å². The molecule has 0 aliphatic carbocycles. The molecule has 0 radical (unpaired) electrons. The van der Waals surface area contributed by atoms with Crippen LogP contribution in [0.3, 0.4) is 0 Å². The van der Waals surface area contributed by atoms with Gasteiger partial charge in [-0.3, -0.25) is 14.7 Å². The van der Waals surface area contributed by atoms with Crippen LogP contribution in [-0.4, -0.2) is 54.7 Å². The van der Waals surface area contributed by atoms with E-state index in [1.165, 1.54) is 0 Å². The lowest BCUT2D eigenvalue weighted by Gasteiger charge is -2.16. The van der Waals surface area contributed by atoms with Gasteiger partial charge in [-0.25, -0.2) is 4.79 Å². The summed E-state index contributed by atoms with van der Waals surface area (Å²) >= 11 is 0. The number of nitrogens with two attached hydrogens (primary N) is 1. The van der Waals surface area contributed by atoms with Gasteiger partial charge < -0.3 is 25.8 Å². The Morgan fingerprint density at radius 1 is 1.50 bits per heavy atom. The average Bonchev–Trinajstić information content (AvgIpc) is 2.66. The van der Waals surface area contributed by atoms with E-state index in [2.05, 4.69) is 4.98 Å². The summed E-state index contributed by atoms with van der Waals surface area (Å²) in [6, 6.07) is 0. The van der Waals surface area contributed by atoms with Crippen molar-refractivity contribution in [3.63, 3.8) is 0 Å². The molecule has 2 heterocycles. The second-order valence-electron chi connectivity index (χ2n) is 4.19. The highest BCUT2D eigenvalue weighted by Gasteiger charge is 2.44. The molecule has 4 unspecified atom stereocenters. The van der Waals surface area contributed by atoms with Crippen LogP contribution in [0.5, 0.6) is 0 Å². The van der Waals surface area contributed by atoms with Gasteiger partial charge in [0, 0.05) is 0 Å². The molecule has 20 heavy (non-hydrogen) atoms. The molecule has 2 rings (SSSR count).